The molecule has 0 aromatic heterocycles. The number of hydrogen-bond donors (Lipinski definition) is 1. The molecule has 160 valence electrons. The van der Waals surface area contributed by atoms with Gasteiger partial charge in [-0.1, -0.05) is 35.9 Å². The van der Waals surface area contributed by atoms with Gasteiger partial charge in [-0.05, 0) is 70.1 Å². The largest absolute Gasteiger partial charge is 0.487 e. The van der Waals surface area contributed by atoms with E-state index in [0.717, 1.165) is 9.13 Å². The Labute approximate surface area is 202 Å². The summed E-state index contributed by atoms with van der Waals surface area (Å²) in [5.74, 6) is -0.218. The third-order valence-electron chi connectivity index (χ3n) is 4.25. The van der Waals surface area contributed by atoms with Crippen molar-refractivity contribution in [1.29, 1.82) is 5.26 Å². The van der Waals surface area contributed by atoms with Crippen molar-refractivity contribution in [3.8, 4) is 11.8 Å². The van der Waals surface area contributed by atoms with Crippen molar-refractivity contribution in [2.24, 2.45) is 0 Å². The first kappa shape index (κ1) is 23.2. The quantitative estimate of drug-likeness (QED) is 0.126. The highest BCUT2D eigenvalue weighted by Crippen LogP contribution is 2.27. The number of ether oxygens (including phenoxy) is 1. The molecule has 1 amide bonds. The van der Waals surface area contributed by atoms with Gasteiger partial charge < -0.3 is 10.1 Å². The minimum Gasteiger partial charge on any atom is -0.487 e. The van der Waals surface area contributed by atoms with Crippen molar-refractivity contribution in [2.45, 2.75) is 6.61 Å². The molecule has 0 radical (unpaired) electrons. The van der Waals surface area contributed by atoms with Crippen LogP contribution in [0.3, 0.4) is 0 Å². The Hall–Kier alpha value is -3.42. The predicted octanol–water partition coefficient (Wildman–Crippen LogP) is 5.98. The van der Waals surface area contributed by atoms with Gasteiger partial charge >= 0.3 is 0 Å². The molecule has 0 aliphatic heterocycles. The molecule has 9 heteroatoms. The Bertz CT molecular complexity index is 1240. The van der Waals surface area contributed by atoms with Gasteiger partial charge in [-0.2, -0.15) is 5.26 Å². The Kier molecular flexibility index (Phi) is 7.81. The molecule has 1 N–H and O–H groups in total. The van der Waals surface area contributed by atoms with E-state index in [0.29, 0.717) is 22.9 Å². The fourth-order valence-corrected chi connectivity index (χ4v) is 3.28. The zero-order chi connectivity index (χ0) is 23.1. The molecule has 7 nitrogen and oxygen atoms in total. The average Bonchev–Trinajstić information content (AvgIpc) is 2.78. The number of rotatable bonds is 7. The third-order valence-corrected chi connectivity index (χ3v) is 5.27. The molecule has 0 saturated heterocycles. The summed E-state index contributed by atoms with van der Waals surface area (Å²) in [5, 5.41) is 23.1. The summed E-state index contributed by atoms with van der Waals surface area (Å²) in [7, 11) is 0. The van der Waals surface area contributed by atoms with Gasteiger partial charge in [0.15, 0.2) is 0 Å². The van der Waals surface area contributed by atoms with Crippen LogP contribution < -0.4 is 10.1 Å². The molecule has 0 spiro atoms. The molecule has 0 aliphatic rings. The molecule has 3 rings (SSSR count). The van der Waals surface area contributed by atoms with Gasteiger partial charge in [-0.25, -0.2) is 0 Å². The summed E-state index contributed by atoms with van der Waals surface area (Å²) < 4.78 is 6.88. The molecule has 0 bridgehead atoms. The van der Waals surface area contributed by atoms with Crippen molar-refractivity contribution in [2.75, 3.05) is 5.32 Å². The summed E-state index contributed by atoms with van der Waals surface area (Å²) in [6.45, 7) is 0.348. The molecule has 3 aromatic carbocycles. The molecule has 0 unspecified atom stereocenters. The Morgan fingerprint density at radius 1 is 1.19 bits per heavy atom. The van der Waals surface area contributed by atoms with E-state index in [4.69, 9.17) is 16.3 Å². The molecule has 0 aliphatic carbocycles. The van der Waals surface area contributed by atoms with Gasteiger partial charge in [-0.15, -0.1) is 0 Å². The van der Waals surface area contributed by atoms with Crippen LogP contribution in [0.2, 0.25) is 5.02 Å². The molecule has 32 heavy (non-hydrogen) atoms. The summed E-state index contributed by atoms with van der Waals surface area (Å²) in [5.41, 5.74) is 1.39. The molecular weight excluding hydrogens is 545 g/mol. The van der Waals surface area contributed by atoms with Crippen molar-refractivity contribution >= 4 is 57.5 Å². The van der Waals surface area contributed by atoms with Crippen molar-refractivity contribution in [3.05, 3.63) is 102 Å². The number of nitro benzene ring substituents is 1. The van der Waals surface area contributed by atoms with Crippen molar-refractivity contribution in [3.63, 3.8) is 0 Å². The van der Waals surface area contributed by atoms with Crippen LogP contribution in [-0.2, 0) is 11.4 Å². The standard InChI is InChI=1S/C23H15ClIN3O4/c24-21-11-16(6-9-22(21)32-14-15-4-7-18(25)8-5-15)10-17(13-26)23(29)27-19-2-1-3-20(12-19)28(30)31/h1-12H,14H2,(H,27,29)/b17-10+. The summed E-state index contributed by atoms with van der Waals surface area (Å²) >= 11 is 8.53. The maximum Gasteiger partial charge on any atom is 0.271 e. The van der Waals surface area contributed by atoms with Gasteiger partial charge in [0.2, 0.25) is 0 Å². The predicted molar refractivity (Wildman–Crippen MR) is 130 cm³/mol. The van der Waals surface area contributed by atoms with E-state index in [-0.39, 0.29) is 16.9 Å². The number of amides is 1. The third kappa shape index (κ3) is 6.29. The summed E-state index contributed by atoms with van der Waals surface area (Å²) in [6, 6.07) is 20.1. The van der Waals surface area contributed by atoms with Gasteiger partial charge in [0.05, 0.1) is 9.95 Å². The average molecular weight is 560 g/mol. The first-order valence-corrected chi connectivity index (χ1v) is 10.7. The van der Waals surface area contributed by atoms with E-state index in [1.54, 1.807) is 18.2 Å². The van der Waals surface area contributed by atoms with E-state index in [2.05, 4.69) is 27.9 Å². The zero-order valence-electron chi connectivity index (χ0n) is 16.4. The number of halogens is 2. The van der Waals surface area contributed by atoms with Crippen LogP contribution in [0.15, 0.2) is 72.3 Å². The minimum absolute atomic E-state index is 0.169. The van der Waals surface area contributed by atoms with Gasteiger partial charge in [-0.3, -0.25) is 14.9 Å². The minimum atomic E-state index is -0.692. The maximum atomic E-state index is 12.4. The zero-order valence-corrected chi connectivity index (χ0v) is 19.3. The van der Waals surface area contributed by atoms with Crippen molar-refractivity contribution in [1.82, 2.24) is 0 Å². The number of carbonyl (C=O) groups is 1. The Morgan fingerprint density at radius 2 is 1.94 bits per heavy atom. The number of nitro groups is 1. The number of nitrogens with one attached hydrogen (secondary N) is 1. The number of hydrogen-bond acceptors (Lipinski definition) is 5. The Balaban J connectivity index is 1.71. The van der Waals surface area contributed by atoms with Crippen LogP contribution in [0, 0.1) is 25.0 Å². The van der Waals surface area contributed by atoms with Crippen LogP contribution in [0.5, 0.6) is 5.75 Å². The van der Waals surface area contributed by atoms with E-state index >= 15 is 0 Å². The van der Waals surface area contributed by atoms with Gasteiger partial charge in [0, 0.05) is 21.4 Å². The maximum absolute atomic E-state index is 12.4. The van der Waals surface area contributed by atoms with Gasteiger partial charge in [0.25, 0.3) is 11.6 Å². The number of non-ortho nitro benzene ring substituents is 1. The molecule has 3 aromatic rings. The van der Waals surface area contributed by atoms with E-state index < -0.39 is 10.8 Å². The lowest BCUT2D eigenvalue weighted by molar-refractivity contribution is -0.384. The van der Waals surface area contributed by atoms with E-state index in [9.17, 15) is 20.2 Å². The summed E-state index contributed by atoms with van der Waals surface area (Å²) in [6.07, 6.45) is 1.38. The lowest BCUT2D eigenvalue weighted by Gasteiger charge is -2.09. The monoisotopic (exact) mass is 559 g/mol. The highest BCUT2D eigenvalue weighted by Gasteiger charge is 2.13. The van der Waals surface area contributed by atoms with Crippen LogP contribution in [0.1, 0.15) is 11.1 Å². The smallest absolute Gasteiger partial charge is 0.271 e. The fourth-order valence-electron chi connectivity index (χ4n) is 2.68. The normalized spacial score (nSPS) is 10.8. The molecular formula is C23H15ClIN3O4. The van der Waals surface area contributed by atoms with Gasteiger partial charge in [0.1, 0.15) is 24.0 Å². The molecule has 0 saturated carbocycles. The molecule has 0 heterocycles. The number of benzene rings is 3. The molecule has 0 fully saturated rings. The second kappa shape index (κ2) is 10.7. The molecule has 0 atom stereocenters. The summed E-state index contributed by atoms with van der Waals surface area (Å²) in [4.78, 5) is 22.7. The number of nitriles is 1. The number of nitrogens with zero attached hydrogens (tertiary/aromatic N) is 2. The number of anilines is 1. The van der Waals surface area contributed by atoms with E-state index in [1.807, 2.05) is 30.3 Å². The Morgan fingerprint density at radius 3 is 2.59 bits per heavy atom. The topological polar surface area (TPSA) is 105 Å². The van der Waals surface area contributed by atoms with Crippen LogP contribution in [0.25, 0.3) is 6.08 Å². The van der Waals surface area contributed by atoms with Crippen LogP contribution in [-0.4, -0.2) is 10.8 Å². The SMILES string of the molecule is N#C/C(=C\c1ccc(OCc2ccc(I)cc2)c(Cl)c1)C(=O)Nc1cccc([N+](=O)[O-])c1. The lowest BCUT2D eigenvalue weighted by Crippen LogP contribution is -2.13. The first-order valence-electron chi connectivity index (χ1n) is 9.20. The van der Waals surface area contributed by atoms with Crippen LogP contribution >= 0.6 is 34.2 Å². The first-order chi connectivity index (χ1) is 15.4. The highest BCUT2D eigenvalue weighted by molar-refractivity contribution is 14.1. The fraction of sp³-hybridized carbons (Fsp3) is 0.0435. The van der Waals surface area contributed by atoms with E-state index in [1.165, 1.54) is 30.3 Å². The second-order valence-corrected chi connectivity index (χ2v) is 8.19. The van der Waals surface area contributed by atoms with Crippen LogP contribution in [0.4, 0.5) is 11.4 Å². The second-order valence-electron chi connectivity index (χ2n) is 6.54. The highest BCUT2D eigenvalue weighted by atomic mass is 127. The van der Waals surface area contributed by atoms with Crippen molar-refractivity contribution < 1.29 is 14.5 Å². The lowest BCUT2D eigenvalue weighted by atomic mass is 10.1. The number of carbonyl (C=O) groups excluding carboxylic acids is 1.